The molecule has 1 N–H and O–H groups in total. The minimum atomic E-state index is -0.194. The smallest absolute Gasteiger partial charge is 0.123 e. The van der Waals surface area contributed by atoms with Gasteiger partial charge in [-0.05, 0) is 43.3 Å². The van der Waals surface area contributed by atoms with Gasteiger partial charge in [0, 0.05) is 30.4 Å². The number of hydrogen-bond donors (Lipinski definition) is 1. The highest BCUT2D eigenvalue weighted by atomic mass is 19.1. The second kappa shape index (κ2) is 5.90. The van der Waals surface area contributed by atoms with Crippen LogP contribution in [0.25, 0.3) is 0 Å². The Kier molecular flexibility index (Phi) is 3.97. The molecule has 0 fully saturated rings. The number of fused-ring (bicyclic) bond motifs is 1. The first kappa shape index (κ1) is 14.1. The molecule has 0 saturated carbocycles. The van der Waals surface area contributed by atoms with Gasteiger partial charge in [-0.3, -0.25) is 0 Å². The van der Waals surface area contributed by atoms with Crippen molar-refractivity contribution in [1.82, 2.24) is 9.88 Å². The van der Waals surface area contributed by atoms with E-state index in [1.54, 1.807) is 12.1 Å². The third kappa shape index (κ3) is 3.10. The maximum absolute atomic E-state index is 13.2. The van der Waals surface area contributed by atoms with Gasteiger partial charge in [-0.15, -0.1) is 0 Å². The quantitative estimate of drug-likeness (QED) is 0.913. The summed E-state index contributed by atoms with van der Waals surface area (Å²) in [5, 5.41) is 3.40. The van der Waals surface area contributed by atoms with Crippen molar-refractivity contribution in [1.29, 1.82) is 0 Å². The standard InChI is InChI=1S/C17H21FN2O/c1-3-19-12(2)13-6-7-20(10-13)11-16-9-14-8-15(18)4-5-17(14)21-16/h4-8,10,12,16,19H,3,9,11H2,1-2H3. The van der Waals surface area contributed by atoms with Gasteiger partial charge in [-0.1, -0.05) is 6.92 Å². The van der Waals surface area contributed by atoms with Crippen LogP contribution in [0.15, 0.2) is 36.7 Å². The monoisotopic (exact) mass is 288 g/mol. The molecular formula is C17H21FN2O. The van der Waals surface area contributed by atoms with Crippen LogP contribution in [0.4, 0.5) is 4.39 Å². The topological polar surface area (TPSA) is 26.2 Å². The molecule has 0 bridgehead atoms. The number of nitrogens with one attached hydrogen (secondary N) is 1. The number of aromatic nitrogens is 1. The first-order valence-electron chi connectivity index (χ1n) is 7.50. The Morgan fingerprint density at radius 3 is 3.10 bits per heavy atom. The molecule has 1 aliphatic rings. The second-order valence-electron chi connectivity index (χ2n) is 5.62. The molecule has 21 heavy (non-hydrogen) atoms. The number of halogens is 1. The Hall–Kier alpha value is -1.81. The van der Waals surface area contributed by atoms with Crippen molar-refractivity contribution in [3.05, 3.63) is 53.6 Å². The summed E-state index contributed by atoms with van der Waals surface area (Å²) in [6, 6.07) is 7.23. The number of benzene rings is 1. The van der Waals surface area contributed by atoms with Gasteiger partial charge in [0.25, 0.3) is 0 Å². The molecule has 0 saturated heterocycles. The van der Waals surface area contributed by atoms with Crippen LogP contribution in [0.1, 0.15) is 31.0 Å². The predicted molar refractivity (Wildman–Crippen MR) is 81.0 cm³/mol. The molecule has 0 spiro atoms. The zero-order chi connectivity index (χ0) is 14.8. The van der Waals surface area contributed by atoms with Crippen LogP contribution >= 0.6 is 0 Å². The van der Waals surface area contributed by atoms with Crippen LogP contribution in [0.2, 0.25) is 0 Å². The van der Waals surface area contributed by atoms with Crippen molar-refractivity contribution >= 4 is 0 Å². The van der Waals surface area contributed by atoms with Gasteiger partial charge in [0.2, 0.25) is 0 Å². The van der Waals surface area contributed by atoms with Crippen molar-refractivity contribution in [3.8, 4) is 5.75 Å². The summed E-state index contributed by atoms with van der Waals surface area (Å²) in [6.07, 6.45) is 5.08. The van der Waals surface area contributed by atoms with E-state index < -0.39 is 0 Å². The highest BCUT2D eigenvalue weighted by molar-refractivity contribution is 5.37. The SMILES string of the molecule is CCNC(C)c1ccn(CC2Cc3cc(F)ccc3O2)c1. The van der Waals surface area contributed by atoms with Crippen molar-refractivity contribution in [2.75, 3.05) is 6.54 Å². The Balaban J connectivity index is 1.64. The summed E-state index contributed by atoms with van der Waals surface area (Å²) in [7, 11) is 0. The maximum atomic E-state index is 13.2. The fourth-order valence-electron chi connectivity index (χ4n) is 2.88. The highest BCUT2D eigenvalue weighted by Crippen LogP contribution is 2.30. The average molecular weight is 288 g/mol. The fraction of sp³-hybridized carbons (Fsp3) is 0.412. The van der Waals surface area contributed by atoms with Crippen LogP contribution in [0.3, 0.4) is 0 Å². The zero-order valence-electron chi connectivity index (χ0n) is 12.5. The molecule has 112 valence electrons. The van der Waals surface area contributed by atoms with Crippen LogP contribution in [-0.2, 0) is 13.0 Å². The molecule has 2 unspecified atom stereocenters. The number of ether oxygens (including phenoxy) is 1. The lowest BCUT2D eigenvalue weighted by Crippen LogP contribution is -2.20. The van der Waals surface area contributed by atoms with Crippen molar-refractivity contribution in [3.63, 3.8) is 0 Å². The normalized spacial score (nSPS) is 18.3. The highest BCUT2D eigenvalue weighted by Gasteiger charge is 2.23. The van der Waals surface area contributed by atoms with E-state index >= 15 is 0 Å². The van der Waals surface area contributed by atoms with Crippen LogP contribution in [-0.4, -0.2) is 17.2 Å². The lowest BCUT2D eigenvalue weighted by atomic mass is 10.1. The molecule has 1 aromatic carbocycles. The summed E-state index contributed by atoms with van der Waals surface area (Å²) in [5.74, 6) is 0.621. The van der Waals surface area contributed by atoms with Crippen molar-refractivity contribution in [2.24, 2.45) is 0 Å². The molecule has 1 aromatic heterocycles. The minimum absolute atomic E-state index is 0.0801. The Morgan fingerprint density at radius 2 is 2.29 bits per heavy atom. The van der Waals surface area contributed by atoms with Gasteiger partial charge in [-0.25, -0.2) is 4.39 Å². The van der Waals surface area contributed by atoms with Gasteiger partial charge in [0.05, 0.1) is 6.54 Å². The number of hydrogen-bond acceptors (Lipinski definition) is 2. The Bertz CT molecular complexity index is 623. The first-order valence-corrected chi connectivity index (χ1v) is 7.50. The lowest BCUT2D eigenvalue weighted by Gasteiger charge is -2.12. The first-order chi connectivity index (χ1) is 10.2. The molecule has 4 heteroatoms. The third-order valence-corrected chi connectivity index (χ3v) is 3.96. The molecule has 0 aliphatic carbocycles. The molecule has 3 nitrogen and oxygen atoms in total. The van der Waals surface area contributed by atoms with Crippen LogP contribution in [0.5, 0.6) is 5.75 Å². The minimum Gasteiger partial charge on any atom is -0.488 e. The number of nitrogens with zero attached hydrogens (tertiary/aromatic N) is 1. The van der Waals surface area contributed by atoms with E-state index in [0.717, 1.165) is 30.8 Å². The van der Waals surface area contributed by atoms with E-state index in [4.69, 9.17) is 4.74 Å². The third-order valence-electron chi connectivity index (χ3n) is 3.96. The van der Waals surface area contributed by atoms with E-state index in [9.17, 15) is 4.39 Å². The molecule has 0 radical (unpaired) electrons. The van der Waals surface area contributed by atoms with Gasteiger partial charge in [0.1, 0.15) is 17.7 Å². The summed E-state index contributed by atoms with van der Waals surface area (Å²) in [5.41, 5.74) is 2.24. The Labute approximate surface area is 124 Å². The van der Waals surface area contributed by atoms with E-state index in [-0.39, 0.29) is 11.9 Å². The van der Waals surface area contributed by atoms with Crippen molar-refractivity contribution < 1.29 is 9.13 Å². The molecule has 1 aliphatic heterocycles. The Morgan fingerprint density at radius 1 is 1.43 bits per heavy atom. The zero-order valence-corrected chi connectivity index (χ0v) is 12.5. The fourth-order valence-corrected chi connectivity index (χ4v) is 2.88. The van der Waals surface area contributed by atoms with E-state index in [2.05, 4.69) is 42.2 Å². The lowest BCUT2D eigenvalue weighted by molar-refractivity contribution is 0.209. The van der Waals surface area contributed by atoms with Gasteiger partial charge >= 0.3 is 0 Å². The summed E-state index contributed by atoms with van der Waals surface area (Å²) in [4.78, 5) is 0. The molecule has 2 aromatic rings. The summed E-state index contributed by atoms with van der Waals surface area (Å²) < 4.78 is 21.2. The van der Waals surface area contributed by atoms with Crippen molar-refractivity contribution in [2.45, 2.75) is 39.0 Å². The van der Waals surface area contributed by atoms with Gasteiger partial charge in [-0.2, -0.15) is 0 Å². The molecule has 2 heterocycles. The number of rotatable bonds is 5. The van der Waals surface area contributed by atoms with Crippen LogP contribution < -0.4 is 10.1 Å². The largest absolute Gasteiger partial charge is 0.488 e. The van der Waals surface area contributed by atoms with E-state index in [0.29, 0.717) is 6.04 Å². The van der Waals surface area contributed by atoms with Gasteiger partial charge in [0.15, 0.2) is 0 Å². The summed E-state index contributed by atoms with van der Waals surface area (Å²) >= 11 is 0. The average Bonchev–Trinajstić information content (AvgIpc) is 3.05. The molecule has 2 atom stereocenters. The molecular weight excluding hydrogens is 267 g/mol. The maximum Gasteiger partial charge on any atom is 0.123 e. The van der Waals surface area contributed by atoms with Crippen LogP contribution in [0, 0.1) is 5.82 Å². The molecule has 3 rings (SSSR count). The molecule has 0 amide bonds. The van der Waals surface area contributed by atoms with E-state index in [1.807, 2.05) is 0 Å². The predicted octanol–water partition coefficient (Wildman–Crippen LogP) is 3.30. The summed E-state index contributed by atoms with van der Waals surface area (Å²) in [6.45, 7) is 6.01. The second-order valence-corrected chi connectivity index (χ2v) is 5.62. The van der Waals surface area contributed by atoms with E-state index in [1.165, 1.54) is 11.6 Å². The van der Waals surface area contributed by atoms with Gasteiger partial charge < -0.3 is 14.6 Å².